The number of aromatic nitrogens is 2. The Morgan fingerprint density at radius 3 is 2.88 bits per heavy atom. The molecule has 1 aliphatic rings. The minimum atomic E-state index is -0.454. The normalized spacial score (nSPS) is 16.3. The van der Waals surface area contributed by atoms with Crippen LogP contribution in [-0.4, -0.2) is 22.1 Å². The van der Waals surface area contributed by atoms with Crippen LogP contribution in [0.3, 0.4) is 0 Å². The predicted octanol–water partition coefficient (Wildman–Crippen LogP) is 3.96. The highest BCUT2D eigenvalue weighted by molar-refractivity contribution is 5.94. The first-order chi connectivity index (χ1) is 12.6. The molecule has 3 heterocycles. The maximum atomic E-state index is 12.8. The van der Waals surface area contributed by atoms with Gasteiger partial charge in [-0.15, -0.1) is 0 Å². The van der Waals surface area contributed by atoms with E-state index >= 15 is 0 Å². The number of imidazole rings is 1. The van der Waals surface area contributed by atoms with Gasteiger partial charge >= 0.3 is 5.97 Å². The molecular weight excluding hydrogens is 330 g/mol. The Labute approximate surface area is 150 Å². The topological polar surface area (TPSA) is 69.3 Å². The van der Waals surface area contributed by atoms with Crippen molar-refractivity contribution in [3.8, 4) is 0 Å². The fourth-order valence-corrected chi connectivity index (χ4v) is 3.31. The number of carbonyl (C=O) groups is 1. The number of ether oxygens (including phenoxy) is 1. The fraction of sp³-hybridized carbons (Fsp3) is 0.200. The summed E-state index contributed by atoms with van der Waals surface area (Å²) in [5.41, 5.74) is 2.95. The highest BCUT2D eigenvalue weighted by atomic mass is 16.5. The minimum absolute atomic E-state index is 0.150. The van der Waals surface area contributed by atoms with Crippen molar-refractivity contribution in [2.45, 2.75) is 19.9 Å². The number of anilines is 1. The summed E-state index contributed by atoms with van der Waals surface area (Å²) in [6.45, 7) is 7.48. The number of allylic oxidation sites excluding steroid dienone is 1. The number of rotatable bonds is 4. The van der Waals surface area contributed by atoms with Gasteiger partial charge in [0.2, 0.25) is 5.95 Å². The van der Waals surface area contributed by atoms with Crippen molar-refractivity contribution in [2.75, 3.05) is 11.9 Å². The Balaban J connectivity index is 1.93. The minimum Gasteiger partial charge on any atom is -0.464 e. The van der Waals surface area contributed by atoms with Crippen molar-refractivity contribution >= 4 is 23.0 Å². The van der Waals surface area contributed by atoms with Crippen molar-refractivity contribution in [3.63, 3.8) is 0 Å². The largest absolute Gasteiger partial charge is 0.464 e. The molecule has 1 aromatic carbocycles. The van der Waals surface area contributed by atoms with E-state index in [1.807, 2.05) is 54.8 Å². The quantitative estimate of drug-likeness (QED) is 0.570. The molecule has 1 aliphatic heterocycles. The number of benzene rings is 1. The molecule has 0 saturated carbocycles. The van der Waals surface area contributed by atoms with Gasteiger partial charge in [0.25, 0.3) is 0 Å². The summed E-state index contributed by atoms with van der Waals surface area (Å²) in [4.78, 5) is 17.4. The van der Waals surface area contributed by atoms with Gasteiger partial charge in [0.05, 0.1) is 16.6 Å². The maximum Gasteiger partial charge on any atom is 0.338 e. The lowest BCUT2D eigenvalue weighted by Crippen LogP contribution is -2.28. The smallest absolute Gasteiger partial charge is 0.338 e. The molecule has 0 radical (unpaired) electrons. The predicted molar refractivity (Wildman–Crippen MR) is 98.8 cm³/mol. The second kappa shape index (κ2) is 6.22. The van der Waals surface area contributed by atoms with Crippen LogP contribution in [0.4, 0.5) is 5.95 Å². The number of fused-ring (bicyclic) bond motifs is 3. The lowest BCUT2D eigenvalue weighted by molar-refractivity contribution is -0.138. The zero-order valence-electron chi connectivity index (χ0n) is 14.7. The molecular formula is C20H19N3O3. The van der Waals surface area contributed by atoms with Gasteiger partial charge in [-0.25, -0.2) is 9.78 Å². The van der Waals surface area contributed by atoms with Gasteiger partial charge in [-0.1, -0.05) is 24.8 Å². The summed E-state index contributed by atoms with van der Waals surface area (Å²) in [5, 5.41) is 3.23. The molecule has 1 atom stereocenters. The van der Waals surface area contributed by atoms with Crippen molar-refractivity contribution in [1.29, 1.82) is 0 Å². The van der Waals surface area contributed by atoms with Crippen LogP contribution in [0.2, 0.25) is 0 Å². The van der Waals surface area contributed by atoms with Gasteiger partial charge in [0.15, 0.2) is 0 Å². The third kappa shape index (κ3) is 2.50. The summed E-state index contributed by atoms with van der Waals surface area (Å²) >= 11 is 0. The molecule has 0 fully saturated rings. The van der Waals surface area contributed by atoms with Crippen LogP contribution in [-0.2, 0) is 9.53 Å². The number of nitrogens with one attached hydrogen (secondary N) is 1. The van der Waals surface area contributed by atoms with Crippen molar-refractivity contribution in [3.05, 3.63) is 71.8 Å². The van der Waals surface area contributed by atoms with E-state index in [1.165, 1.54) is 0 Å². The van der Waals surface area contributed by atoms with E-state index in [4.69, 9.17) is 9.15 Å². The molecule has 6 heteroatoms. The average Bonchev–Trinajstić information content (AvgIpc) is 3.21. The molecule has 0 saturated heterocycles. The number of hydrogen-bond acceptors (Lipinski definition) is 5. The molecule has 2 aromatic heterocycles. The second-order valence-corrected chi connectivity index (χ2v) is 6.20. The number of para-hydroxylation sites is 2. The maximum absolute atomic E-state index is 12.8. The molecule has 0 bridgehead atoms. The molecule has 6 nitrogen and oxygen atoms in total. The molecule has 132 valence electrons. The van der Waals surface area contributed by atoms with E-state index in [0.717, 1.165) is 16.8 Å². The van der Waals surface area contributed by atoms with E-state index < -0.39 is 12.0 Å². The van der Waals surface area contributed by atoms with Gasteiger partial charge in [0.1, 0.15) is 24.2 Å². The number of hydrogen-bond donors (Lipinski definition) is 1. The molecule has 0 spiro atoms. The van der Waals surface area contributed by atoms with Gasteiger partial charge in [-0.05, 0) is 38.1 Å². The van der Waals surface area contributed by atoms with Crippen LogP contribution in [0.15, 0.2) is 64.7 Å². The van der Waals surface area contributed by atoms with Crippen molar-refractivity contribution in [1.82, 2.24) is 9.55 Å². The molecule has 1 N–H and O–H groups in total. The fourth-order valence-electron chi connectivity index (χ4n) is 3.31. The van der Waals surface area contributed by atoms with E-state index in [-0.39, 0.29) is 6.61 Å². The van der Waals surface area contributed by atoms with E-state index in [2.05, 4.69) is 16.9 Å². The average molecular weight is 349 g/mol. The Kier molecular flexibility index (Phi) is 3.88. The van der Waals surface area contributed by atoms with Crippen molar-refractivity contribution in [2.24, 2.45) is 0 Å². The highest BCUT2D eigenvalue weighted by Crippen LogP contribution is 2.39. The molecule has 4 rings (SSSR count). The Morgan fingerprint density at radius 2 is 2.15 bits per heavy atom. The Morgan fingerprint density at radius 1 is 1.35 bits per heavy atom. The lowest BCUT2D eigenvalue weighted by Gasteiger charge is -2.28. The van der Waals surface area contributed by atoms with E-state index in [0.29, 0.717) is 23.0 Å². The van der Waals surface area contributed by atoms with Crippen LogP contribution >= 0.6 is 0 Å². The number of furan rings is 1. The monoisotopic (exact) mass is 349 g/mol. The third-order valence-corrected chi connectivity index (χ3v) is 4.41. The summed E-state index contributed by atoms with van der Waals surface area (Å²) in [6.07, 6.45) is 1.55. The zero-order chi connectivity index (χ0) is 18.3. The van der Waals surface area contributed by atoms with Crippen LogP contribution in [0.1, 0.15) is 24.5 Å². The van der Waals surface area contributed by atoms with Gasteiger partial charge in [0, 0.05) is 5.70 Å². The molecule has 3 aromatic rings. The molecule has 26 heavy (non-hydrogen) atoms. The lowest BCUT2D eigenvalue weighted by atomic mass is 10.0. The standard InChI is InChI=1S/C20H19N3O3/c1-4-11-25-19(24)17-13(3)21-20-22-14-7-5-6-8-15(14)23(20)18(17)16-10-9-12(2)26-16/h4-10,18H,1,11H2,2-3H3,(H,21,22). The number of nitrogens with zero attached hydrogens (tertiary/aromatic N) is 2. The van der Waals surface area contributed by atoms with Gasteiger partial charge in [-0.2, -0.15) is 0 Å². The second-order valence-electron chi connectivity index (χ2n) is 6.20. The summed E-state index contributed by atoms with van der Waals surface area (Å²) in [7, 11) is 0. The summed E-state index contributed by atoms with van der Waals surface area (Å²) < 4.78 is 13.2. The first-order valence-corrected chi connectivity index (χ1v) is 8.39. The van der Waals surface area contributed by atoms with Crippen LogP contribution in [0, 0.1) is 6.92 Å². The molecule has 1 unspecified atom stereocenters. The van der Waals surface area contributed by atoms with Crippen LogP contribution in [0.25, 0.3) is 11.0 Å². The number of carbonyl (C=O) groups excluding carboxylic acids is 1. The van der Waals surface area contributed by atoms with Crippen LogP contribution in [0.5, 0.6) is 0 Å². The Bertz CT molecular complexity index is 1040. The van der Waals surface area contributed by atoms with Crippen molar-refractivity contribution < 1.29 is 13.9 Å². The van der Waals surface area contributed by atoms with Gasteiger partial charge < -0.3 is 14.5 Å². The number of esters is 1. The van der Waals surface area contributed by atoms with Gasteiger partial charge in [-0.3, -0.25) is 4.57 Å². The Hall–Kier alpha value is -3.28. The summed E-state index contributed by atoms with van der Waals surface area (Å²) in [5.74, 6) is 1.71. The first-order valence-electron chi connectivity index (χ1n) is 8.39. The third-order valence-electron chi connectivity index (χ3n) is 4.41. The first kappa shape index (κ1) is 16.2. The summed E-state index contributed by atoms with van der Waals surface area (Å²) in [6, 6.07) is 11.1. The SMILES string of the molecule is C=CCOC(=O)C1=C(C)Nc2nc3ccccc3n2C1c1ccc(C)o1. The van der Waals surface area contributed by atoms with E-state index in [9.17, 15) is 4.79 Å². The number of aryl methyl sites for hydroxylation is 1. The zero-order valence-corrected chi connectivity index (χ0v) is 14.7. The molecule has 0 amide bonds. The van der Waals surface area contributed by atoms with Crippen LogP contribution < -0.4 is 5.32 Å². The van der Waals surface area contributed by atoms with E-state index in [1.54, 1.807) is 6.08 Å². The molecule has 0 aliphatic carbocycles. The highest BCUT2D eigenvalue weighted by Gasteiger charge is 2.36.